The number of hydrogen-bond acceptors (Lipinski definition) is 4. The second kappa shape index (κ2) is 7.90. The van der Waals surface area contributed by atoms with Crippen LogP contribution in [0, 0.1) is 5.92 Å². The van der Waals surface area contributed by atoms with Crippen molar-refractivity contribution in [3.63, 3.8) is 0 Å². The molecule has 3 aliphatic heterocycles. The Morgan fingerprint density at radius 2 is 1.93 bits per heavy atom. The summed E-state index contributed by atoms with van der Waals surface area (Å²) >= 11 is 0. The first kappa shape index (κ1) is 17.7. The first-order valence-corrected chi connectivity index (χ1v) is 9.67. The first-order chi connectivity index (χ1) is 13.2. The molecule has 3 saturated heterocycles. The highest BCUT2D eigenvalue weighted by molar-refractivity contribution is 5.94. The van der Waals surface area contributed by atoms with Crippen LogP contribution in [-0.2, 0) is 11.3 Å². The zero-order valence-corrected chi connectivity index (χ0v) is 15.4. The lowest BCUT2D eigenvalue weighted by Crippen LogP contribution is -2.47. The van der Waals surface area contributed by atoms with E-state index in [2.05, 4.69) is 10.1 Å². The van der Waals surface area contributed by atoms with E-state index >= 15 is 0 Å². The largest absolute Gasteiger partial charge is 0.338 e. The summed E-state index contributed by atoms with van der Waals surface area (Å²) in [5.41, 5.74) is 0.726. The number of rotatable bonds is 5. The van der Waals surface area contributed by atoms with Crippen LogP contribution in [-0.4, -0.2) is 62.1 Å². The van der Waals surface area contributed by atoms with Crippen molar-refractivity contribution in [2.75, 3.05) is 19.6 Å². The van der Waals surface area contributed by atoms with Crippen LogP contribution >= 0.6 is 0 Å². The number of carbonyl (C=O) groups excluding carboxylic acids is 2. The Bertz CT molecular complexity index is 777. The molecule has 0 spiro atoms. The van der Waals surface area contributed by atoms with Crippen molar-refractivity contribution in [1.29, 1.82) is 0 Å². The molecule has 7 nitrogen and oxygen atoms in total. The summed E-state index contributed by atoms with van der Waals surface area (Å²) < 4.78 is 1.75. The van der Waals surface area contributed by atoms with Crippen molar-refractivity contribution in [3.8, 4) is 0 Å². The summed E-state index contributed by atoms with van der Waals surface area (Å²) in [5.74, 6) is 0.641. The molecule has 1 aromatic carbocycles. The van der Waals surface area contributed by atoms with Gasteiger partial charge in [0.05, 0.1) is 0 Å². The summed E-state index contributed by atoms with van der Waals surface area (Å²) in [7, 11) is 0. The van der Waals surface area contributed by atoms with Crippen LogP contribution in [0.4, 0.5) is 0 Å². The van der Waals surface area contributed by atoms with E-state index in [1.165, 1.54) is 6.33 Å². The van der Waals surface area contributed by atoms with Crippen molar-refractivity contribution in [2.45, 2.75) is 38.3 Å². The fraction of sp³-hybridized carbons (Fsp3) is 0.500. The van der Waals surface area contributed by atoms with Gasteiger partial charge in [0.1, 0.15) is 12.7 Å². The lowest BCUT2D eigenvalue weighted by molar-refractivity contribution is -0.135. The van der Waals surface area contributed by atoms with E-state index in [0.717, 1.165) is 37.9 Å². The Balaban J connectivity index is 1.37. The molecule has 5 rings (SSSR count). The summed E-state index contributed by atoms with van der Waals surface area (Å²) in [5, 5.41) is 4.07. The molecule has 0 unspecified atom stereocenters. The lowest BCUT2D eigenvalue weighted by Gasteiger charge is -2.36. The molecule has 142 valence electrons. The number of aromatic nitrogens is 3. The number of piperidine rings is 1. The number of aryl methyl sites for hydroxylation is 1. The normalized spacial score (nSPS) is 21.9. The molecule has 2 atom stereocenters. The topological polar surface area (TPSA) is 71.3 Å². The van der Waals surface area contributed by atoms with Crippen molar-refractivity contribution in [1.82, 2.24) is 24.6 Å². The summed E-state index contributed by atoms with van der Waals surface area (Å²) in [6.07, 6.45) is 6.52. The predicted molar refractivity (Wildman–Crippen MR) is 99.8 cm³/mol. The van der Waals surface area contributed by atoms with E-state index in [9.17, 15) is 9.59 Å². The monoisotopic (exact) mass is 367 g/mol. The maximum atomic E-state index is 12.9. The minimum absolute atomic E-state index is 0.0768. The van der Waals surface area contributed by atoms with E-state index in [-0.39, 0.29) is 17.9 Å². The molecular formula is C20H25N5O2. The van der Waals surface area contributed by atoms with Gasteiger partial charge >= 0.3 is 0 Å². The predicted octanol–water partition coefficient (Wildman–Crippen LogP) is 1.82. The Labute approximate surface area is 159 Å². The number of amides is 2. The number of hydrogen-bond donors (Lipinski definition) is 0. The Morgan fingerprint density at radius 1 is 1.07 bits per heavy atom. The van der Waals surface area contributed by atoms with Gasteiger partial charge in [0.2, 0.25) is 5.91 Å². The van der Waals surface area contributed by atoms with Gasteiger partial charge in [0.25, 0.3) is 5.91 Å². The molecule has 4 heterocycles. The van der Waals surface area contributed by atoms with Gasteiger partial charge in [-0.3, -0.25) is 14.3 Å². The number of carbonyl (C=O) groups is 2. The van der Waals surface area contributed by atoms with Crippen molar-refractivity contribution < 1.29 is 9.59 Å². The smallest absolute Gasteiger partial charge is 0.253 e. The molecule has 0 N–H and O–H groups in total. The highest BCUT2D eigenvalue weighted by Crippen LogP contribution is 2.29. The first-order valence-electron chi connectivity index (χ1n) is 9.67. The van der Waals surface area contributed by atoms with Crippen LogP contribution in [0.25, 0.3) is 0 Å². The fourth-order valence-corrected chi connectivity index (χ4v) is 4.20. The average Bonchev–Trinajstić information content (AvgIpc) is 3.05. The molecule has 3 fully saturated rings. The van der Waals surface area contributed by atoms with Crippen LogP contribution in [0.15, 0.2) is 43.0 Å². The van der Waals surface area contributed by atoms with Gasteiger partial charge < -0.3 is 9.80 Å². The Hall–Kier alpha value is -2.70. The maximum Gasteiger partial charge on any atom is 0.253 e. The molecule has 0 radical (unpaired) electrons. The molecule has 27 heavy (non-hydrogen) atoms. The quantitative estimate of drug-likeness (QED) is 0.808. The van der Waals surface area contributed by atoms with E-state index in [4.69, 9.17) is 0 Å². The van der Waals surface area contributed by atoms with E-state index in [0.29, 0.717) is 25.4 Å². The van der Waals surface area contributed by atoms with E-state index in [1.807, 2.05) is 40.1 Å². The zero-order valence-electron chi connectivity index (χ0n) is 15.4. The van der Waals surface area contributed by atoms with Gasteiger partial charge in [0, 0.05) is 44.2 Å². The average molecular weight is 367 g/mol. The minimum atomic E-state index is 0.0768. The third-order valence-electron chi connectivity index (χ3n) is 5.59. The molecule has 2 amide bonds. The second-order valence-electron chi connectivity index (χ2n) is 7.48. The van der Waals surface area contributed by atoms with Crippen molar-refractivity contribution >= 4 is 11.8 Å². The standard InChI is InChI=1S/C20H25N5O2/c26-19(7-4-10-24-15-21-14-22-24)25-12-16-8-9-18(25)13-23(11-16)20(27)17-5-2-1-3-6-17/h1-3,5-6,14-16,18H,4,7-13H2/t16-,18+/m1/s1. The molecule has 0 aliphatic carbocycles. The molecular weight excluding hydrogens is 342 g/mol. The third-order valence-corrected chi connectivity index (χ3v) is 5.59. The molecule has 1 aromatic heterocycles. The maximum absolute atomic E-state index is 12.9. The van der Waals surface area contributed by atoms with Crippen LogP contribution < -0.4 is 0 Å². The van der Waals surface area contributed by atoms with Gasteiger partial charge in [-0.1, -0.05) is 18.2 Å². The lowest BCUT2D eigenvalue weighted by atomic mass is 9.94. The molecule has 2 aromatic rings. The third kappa shape index (κ3) is 4.02. The molecule has 0 saturated carbocycles. The second-order valence-corrected chi connectivity index (χ2v) is 7.48. The van der Waals surface area contributed by atoms with Crippen LogP contribution in [0.2, 0.25) is 0 Å². The zero-order chi connectivity index (χ0) is 18.6. The SMILES string of the molecule is O=C(c1ccccc1)N1C[C@H]2CC[C@@H](C1)N(C(=O)CCCn1cncn1)C2. The summed E-state index contributed by atoms with van der Waals surface area (Å²) in [6, 6.07) is 9.57. The molecule has 7 heteroatoms. The van der Waals surface area contributed by atoms with Gasteiger partial charge in [0.15, 0.2) is 0 Å². The molecule has 3 aliphatic rings. The number of benzene rings is 1. The fourth-order valence-electron chi connectivity index (χ4n) is 4.20. The Morgan fingerprint density at radius 3 is 2.70 bits per heavy atom. The van der Waals surface area contributed by atoms with Gasteiger partial charge in [-0.25, -0.2) is 4.98 Å². The number of nitrogens with zero attached hydrogens (tertiary/aromatic N) is 5. The molecule has 2 bridgehead atoms. The summed E-state index contributed by atoms with van der Waals surface area (Å²) in [6.45, 7) is 2.85. The van der Waals surface area contributed by atoms with Crippen molar-refractivity contribution in [3.05, 3.63) is 48.5 Å². The van der Waals surface area contributed by atoms with Crippen LogP contribution in [0.5, 0.6) is 0 Å². The minimum Gasteiger partial charge on any atom is -0.338 e. The number of fused-ring (bicyclic) bond motifs is 4. The highest BCUT2D eigenvalue weighted by Gasteiger charge is 2.38. The van der Waals surface area contributed by atoms with Crippen LogP contribution in [0.1, 0.15) is 36.0 Å². The van der Waals surface area contributed by atoms with E-state index in [1.54, 1.807) is 11.0 Å². The summed E-state index contributed by atoms with van der Waals surface area (Å²) in [4.78, 5) is 33.5. The van der Waals surface area contributed by atoms with Crippen molar-refractivity contribution in [2.24, 2.45) is 5.92 Å². The van der Waals surface area contributed by atoms with Gasteiger partial charge in [-0.2, -0.15) is 5.10 Å². The Kier molecular flexibility index (Phi) is 5.18. The van der Waals surface area contributed by atoms with Gasteiger partial charge in [-0.05, 0) is 37.3 Å². The van der Waals surface area contributed by atoms with E-state index < -0.39 is 0 Å². The highest BCUT2D eigenvalue weighted by atomic mass is 16.2. The van der Waals surface area contributed by atoms with Crippen LogP contribution in [0.3, 0.4) is 0 Å². The van der Waals surface area contributed by atoms with Gasteiger partial charge in [-0.15, -0.1) is 0 Å².